The number of pyridine rings is 1. The molecular weight excluding hydrogens is 276 g/mol. The van der Waals surface area contributed by atoms with E-state index in [4.69, 9.17) is 16.3 Å². The normalized spacial score (nSPS) is 24.9. The lowest BCUT2D eigenvalue weighted by Crippen LogP contribution is -2.42. The molecule has 104 valence electrons. The first-order chi connectivity index (χ1) is 9.34. The highest BCUT2D eigenvalue weighted by molar-refractivity contribution is 6.30. The van der Waals surface area contributed by atoms with Gasteiger partial charge in [-0.2, -0.15) is 5.26 Å². The molecule has 1 aromatic rings. The number of carbonyl (C=O) groups excluding carboxylic acids is 1. The summed E-state index contributed by atoms with van der Waals surface area (Å²) in [6, 6.07) is 5.43. The molecule has 4 nitrogen and oxygen atoms in total. The minimum Gasteiger partial charge on any atom is -0.368 e. The molecule has 0 radical (unpaired) electrons. The van der Waals surface area contributed by atoms with Crippen LogP contribution in [-0.4, -0.2) is 17.9 Å². The fraction of sp³-hybridized carbons (Fsp3) is 0.400. The van der Waals surface area contributed by atoms with Crippen molar-refractivity contribution in [1.82, 2.24) is 4.98 Å². The van der Waals surface area contributed by atoms with Gasteiger partial charge >= 0.3 is 0 Å². The third kappa shape index (κ3) is 2.35. The topological polar surface area (TPSA) is 63.0 Å². The maximum absolute atomic E-state index is 12.2. The van der Waals surface area contributed by atoms with Crippen LogP contribution >= 0.6 is 11.6 Å². The molecule has 1 aliphatic carbocycles. The molecule has 0 saturated heterocycles. The number of ether oxygens (including phenoxy) is 1. The Kier molecular flexibility index (Phi) is 3.68. The van der Waals surface area contributed by atoms with E-state index in [9.17, 15) is 10.1 Å². The summed E-state index contributed by atoms with van der Waals surface area (Å²) < 4.78 is 5.64. The molecule has 2 rings (SSSR count). The van der Waals surface area contributed by atoms with Crippen molar-refractivity contribution in [1.29, 1.82) is 5.26 Å². The molecule has 0 aliphatic heterocycles. The molecule has 1 aliphatic rings. The number of halogens is 1. The molecule has 0 aromatic carbocycles. The Morgan fingerprint density at radius 3 is 2.65 bits per heavy atom. The average Bonchev–Trinajstić information content (AvgIpc) is 2.42. The van der Waals surface area contributed by atoms with Crippen LogP contribution in [0.4, 0.5) is 0 Å². The van der Waals surface area contributed by atoms with Gasteiger partial charge in [-0.1, -0.05) is 25.4 Å². The average molecular weight is 291 g/mol. The Balaban J connectivity index is 2.61. The number of ketones is 1. The third-order valence-electron chi connectivity index (χ3n) is 3.59. The second kappa shape index (κ2) is 5.01. The van der Waals surface area contributed by atoms with Gasteiger partial charge in [0.1, 0.15) is 11.7 Å². The van der Waals surface area contributed by atoms with Gasteiger partial charge in [0.2, 0.25) is 0 Å². The number of aromatic nitrogens is 1. The fourth-order valence-corrected chi connectivity index (χ4v) is 2.67. The highest BCUT2D eigenvalue weighted by Gasteiger charge is 2.47. The van der Waals surface area contributed by atoms with Gasteiger partial charge in [-0.15, -0.1) is 0 Å². The van der Waals surface area contributed by atoms with Crippen LogP contribution in [-0.2, 0) is 15.1 Å². The second-order valence-corrected chi connectivity index (χ2v) is 5.95. The first-order valence-electron chi connectivity index (χ1n) is 6.19. The number of allylic oxidation sites excluding steroid dienone is 1. The van der Waals surface area contributed by atoms with Gasteiger partial charge in [-0.3, -0.25) is 9.78 Å². The quantitative estimate of drug-likeness (QED) is 0.840. The van der Waals surface area contributed by atoms with E-state index < -0.39 is 11.0 Å². The molecule has 0 fully saturated rings. The van der Waals surface area contributed by atoms with Gasteiger partial charge in [0.15, 0.2) is 5.78 Å². The number of carbonyl (C=O) groups is 1. The van der Waals surface area contributed by atoms with Crippen molar-refractivity contribution in [3.8, 4) is 6.07 Å². The summed E-state index contributed by atoms with van der Waals surface area (Å²) >= 11 is 5.85. The second-order valence-electron chi connectivity index (χ2n) is 5.51. The molecule has 0 N–H and O–H groups in total. The van der Waals surface area contributed by atoms with Crippen LogP contribution in [0.15, 0.2) is 30.0 Å². The molecule has 5 heteroatoms. The van der Waals surface area contributed by atoms with Crippen molar-refractivity contribution in [3.05, 3.63) is 40.7 Å². The van der Waals surface area contributed by atoms with E-state index in [1.54, 1.807) is 25.3 Å². The number of nitrogens with zero attached hydrogens (tertiary/aromatic N) is 2. The lowest BCUT2D eigenvalue weighted by molar-refractivity contribution is -0.128. The van der Waals surface area contributed by atoms with Crippen molar-refractivity contribution in [2.45, 2.75) is 25.9 Å². The Labute approximate surface area is 123 Å². The Bertz CT molecular complexity index is 614. The maximum atomic E-state index is 12.2. The van der Waals surface area contributed by atoms with Crippen LogP contribution in [0, 0.1) is 16.7 Å². The zero-order valence-electron chi connectivity index (χ0n) is 11.6. The molecule has 0 spiro atoms. The van der Waals surface area contributed by atoms with Crippen LogP contribution in [0.3, 0.4) is 0 Å². The van der Waals surface area contributed by atoms with E-state index in [0.29, 0.717) is 17.1 Å². The minimum atomic E-state index is -0.882. The summed E-state index contributed by atoms with van der Waals surface area (Å²) in [5.41, 5.74) is -0.818. The van der Waals surface area contributed by atoms with Crippen LogP contribution in [0.5, 0.6) is 0 Å². The number of nitriles is 1. The summed E-state index contributed by atoms with van der Waals surface area (Å²) in [5.74, 6) is -0.165. The van der Waals surface area contributed by atoms with E-state index >= 15 is 0 Å². The van der Waals surface area contributed by atoms with Gasteiger partial charge in [-0.05, 0) is 24.6 Å². The number of rotatable bonds is 2. The van der Waals surface area contributed by atoms with Crippen LogP contribution in [0.25, 0.3) is 0 Å². The Morgan fingerprint density at radius 2 is 2.15 bits per heavy atom. The van der Waals surface area contributed by atoms with E-state index in [1.807, 2.05) is 19.9 Å². The number of hydrogen-bond donors (Lipinski definition) is 0. The van der Waals surface area contributed by atoms with Gasteiger partial charge < -0.3 is 4.74 Å². The van der Waals surface area contributed by atoms with Crippen molar-refractivity contribution in [2.24, 2.45) is 5.41 Å². The molecule has 1 atom stereocenters. The van der Waals surface area contributed by atoms with Crippen molar-refractivity contribution < 1.29 is 9.53 Å². The van der Waals surface area contributed by atoms with Gasteiger partial charge in [0, 0.05) is 18.7 Å². The molecule has 1 heterocycles. The van der Waals surface area contributed by atoms with Crippen LogP contribution < -0.4 is 0 Å². The van der Waals surface area contributed by atoms with Gasteiger partial charge in [0.05, 0.1) is 16.3 Å². The Hall–Kier alpha value is -1.70. The summed E-state index contributed by atoms with van der Waals surface area (Å²) in [5, 5.41) is 9.70. The zero-order chi connectivity index (χ0) is 15.0. The lowest BCUT2D eigenvalue weighted by atomic mass is 9.68. The molecule has 0 bridgehead atoms. The first-order valence-corrected chi connectivity index (χ1v) is 6.57. The van der Waals surface area contributed by atoms with Crippen molar-refractivity contribution >= 4 is 17.4 Å². The van der Waals surface area contributed by atoms with E-state index in [1.165, 1.54) is 6.20 Å². The van der Waals surface area contributed by atoms with E-state index in [0.717, 1.165) is 0 Å². The fourth-order valence-electron chi connectivity index (χ4n) is 2.56. The van der Waals surface area contributed by atoms with Gasteiger partial charge in [0.25, 0.3) is 0 Å². The molecule has 1 unspecified atom stereocenters. The number of hydrogen-bond acceptors (Lipinski definition) is 4. The van der Waals surface area contributed by atoms with Crippen molar-refractivity contribution in [3.63, 3.8) is 0 Å². The molecule has 0 amide bonds. The van der Waals surface area contributed by atoms with Crippen LogP contribution in [0.2, 0.25) is 5.02 Å². The van der Waals surface area contributed by atoms with Gasteiger partial charge in [-0.25, -0.2) is 0 Å². The van der Waals surface area contributed by atoms with Crippen molar-refractivity contribution in [2.75, 3.05) is 7.11 Å². The largest absolute Gasteiger partial charge is 0.368 e. The number of Topliss-reactive ketones (excluding diaryl/α,β-unsaturated/α-hetero) is 1. The SMILES string of the molecule is COC1(c2ccc(Cl)cn2)C=C(C#N)C(=O)C(C)(C)C1. The standard InChI is InChI=1S/C15H15ClN2O2/c1-14(2)9-15(20-3,6-10(7-17)13(14)19)12-5-4-11(16)8-18-12/h4-6,8H,9H2,1-3H3. The monoisotopic (exact) mass is 290 g/mol. The highest BCUT2D eigenvalue weighted by Crippen LogP contribution is 2.44. The minimum absolute atomic E-state index is 0.111. The maximum Gasteiger partial charge on any atom is 0.178 e. The predicted octanol–water partition coefficient (Wildman–Crippen LogP) is 3.03. The lowest BCUT2D eigenvalue weighted by Gasteiger charge is -2.39. The Morgan fingerprint density at radius 1 is 1.45 bits per heavy atom. The summed E-state index contributed by atoms with van der Waals surface area (Å²) in [7, 11) is 1.55. The smallest absolute Gasteiger partial charge is 0.178 e. The number of methoxy groups -OCH3 is 1. The summed E-state index contributed by atoms with van der Waals surface area (Å²) in [4.78, 5) is 16.5. The highest BCUT2D eigenvalue weighted by atomic mass is 35.5. The van der Waals surface area contributed by atoms with E-state index in [-0.39, 0.29) is 11.4 Å². The van der Waals surface area contributed by atoms with E-state index in [2.05, 4.69) is 4.98 Å². The first kappa shape index (κ1) is 14.7. The van der Waals surface area contributed by atoms with Crippen LogP contribution in [0.1, 0.15) is 26.0 Å². The molecule has 1 aromatic heterocycles. The zero-order valence-corrected chi connectivity index (χ0v) is 12.4. The summed E-state index contributed by atoms with van der Waals surface area (Å²) in [6.45, 7) is 3.62. The molecule has 0 saturated carbocycles. The third-order valence-corrected chi connectivity index (χ3v) is 3.81. The molecular formula is C15H15ClN2O2. The summed E-state index contributed by atoms with van der Waals surface area (Å²) in [6.07, 6.45) is 3.52. The molecule has 20 heavy (non-hydrogen) atoms. The predicted molar refractivity (Wildman–Crippen MR) is 75.0 cm³/mol.